The minimum Gasteiger partial charge on any atom is -0.479 e. The molecular formula is C46H84N6O29S3. The summed E-state index contributed by atoms with van der Waals surface area (Å²) in [4.78, 5) is 32.5. The summed E-state index contributed by atoms with van der Waals surface area (Å²) in [5, 5.41) is 39.6. The van der Waals surface area contributed by atoms with Crippen LogP contribution in [0.25, 0.3) is 20.9 Å². The number of aliphatic carboxylic acids is 2. The van der Waals surface area contributed by atoms with Gasteiger partial charge >= 0.3 is 43.1 Å². The average molecular weight is 1280 g/mol. The Bertz CT molecular complexity index is 2340. The summed E-state index contributed by atoms with van der Waals surface area (Å²) in [5.41, 5.74) is 19.5. The highest BCUT2D eigenvalue weighted by Gasteiger charge is 2.53. The topological polar surface area (TPSA) is 494 Å². The van der Waals surface area contributed by atoms with Crippen LogP contribution in [0.15, 0.2) is 10.2 Å². The molecule has 2 fully saturated rings. The van der Waals surface area contributed by atoms with E-state index in [1.807, 2.05) is 20.8 Å². The van der Waals surface area contributed by atoms with Gasteiger partial charge in [-0.05, 0) is 57.0 Å². The summed E-state index contributed by atoms with van der Waals surface area (Å²) in [5.74, 6) is -3.63. The quantitative estimate of drug-likeness (QED) is 0.0126. The van der Waals surface area contributed by atoms with E-state index in [9.17, 15) is 74.9 Å². The zero-order valence-corrected chi connectivity index (χ0v) is 50.4. The second kappa shape index (κ2) is 40.2. The summed E-state index contributed by atoms with van der Waals surface area (Å²) in [6.07, 6.45) is -22.5. The maximum atomic E-state index is 13.6. The van der Waals surface area contributed by atoms with E-state index in [4.69, 9.17) is 61.0 Å². The van der Waals surface area contributed by atoms with Crippen molar-refractivity contribution in [2.24, 2.45) is 10.2 Å². The van der Waals surface area contributed by atoms with Crippen molar-refractivity contribution in [3.63, 3.8) is 0 Å². The molecule has 35 nitrogen and oxygen atoms in total. The first kappa shape index (κ1) is 76.7. The van der Waals surface area contributed by atoms with Crippen molar-refractivity contribution in [3.8, 4) is 0 Å². The van der Waals surface area contributed by atoms with Gasteiger partial charge in [-0.25, -0.2) is 22.1 Å². The second-order valence-electron chi connectivity index (χ2n) is 19.1. The maximum Gasteiger partial charge on any atom is 0.397 e. The number of aliphatic hydroxyl groups excluding tert-OH is 1. The van der Waals surface area contributed by atoms with Gasteiger partial charge in [0.15, 0.2) is 31.1 Å². The molecule has 2 rings (SSSR count). The number of unbranched alkanes of at least 4 members (excludes halogenated alkanes) is 5. The minimum atomic E-state index is -5.43. The first-order valence-corrected chi connectivity index (χ1v) is 31.4. The van der Waals surface area contributed by atoms with Crippen LogP contribution in [0.5, 0.6) is 0 Å². The van der Waals surface area contributed by atoms with Crippen molar-refractivity contribution in [1.82, 2.24) is 0 Å². The van der Waals surface area contributed by atoms with Gasteiger partial charge in [0.05, 0.1) is 50.3 Å². The van der Waals surface area contributed by atoms with Gasteiger partial charge in [-0.2, -0.15) is 25.3 Å². The number of carboxylic acids is 2. The van der Waals surface area contributed by atoms with Gasteiger partial charge in [-0.15, -0.1) is 0 Å². The molecule has 8 unspecified atom stereocenters. The number of hydrogen-bond donors (Lipinski definition) is 6. The molecule has 0 aliphatic carbocycles. The van der Waals surface area contributed by atoms with Gasteiger partial charge in [0.1, 0.15) is 55.9 Å². The molecule has 2 aliphatic rings. The van der Waals surface area contributed by atoms with Crippen LogP contribution >= 0.6 is 0 Å². The molecule has 0 radical (unpaired) electrons. The standard InChI is InChI=1S/C46H84N6O29S3/c1-8-13-18-67-28(6)36(69-20-15-10-3)42(44(54)55)79-34(27-75-84(64,65)66)78-40-32(25-73-82(58,59)60)76-46(35(50-52-48)41(40)71-22-17-12-5)81-37(29(7)68-19-14-9-2)43(45(56)57)80-33(26-74-83(61,62)63)77-39-31(23-53)72-24-30(49-51-47)38(39)70-21-16-11-4/h28-43,46,53H,8-27H2,1-7H3,(H,54,55)(H,56,57)(H,58,59,60)(H,61,62,63)(H,64,65,66)/t28-,29-,30+,31?,32?,33?,34?,35-,36-,37+,38?,39+,40+,41?,42?,43?,46-/m0/s1. The number of carbonyl (C=O) groups is 2. The maximum absolute atomic E-state index is 13.6. The zero-order valence-electron chi connectivity index (χ0n) is 47.9. The Morgan fingerprint density at radius 3 is 1.45 bits per heavy atom. The van der Waals surface area contributed by atoms with Crippen LogP contribution < -0.4 is 0 Å². The largest absolute Gasteiger partial charge is 0.479 e. The van der Waals surface area contributed by atoms with Crippen molar-refractivity contribution in [2.45, 2.75) is 217 Å². The highest BCUT2D eigenvalue weighted by molar-refractivity contribution is 7.81. The monoisotopic (exact) mass is 1280 g/mol. The molecule has 0 bridgehead atoms. The molecule has 0 saturated carbocycles. The van der Waals surface area contributed by atoms with Crippen LogP contribution in [0.2, 0.25) is 0 Å². The Morgan fingerprint density at radius 2 is 1.01 bits per heavy atom. The van der Waals surface area contributed by atoms with E-state index < -0.39 is 174 Å². The molecule has 38 heteroatoms. The number of nitrogens with zero attached hydrogens (tertiary/aromatic N) is 6. The lowest BCUT2D eigenvalue weighted by Crippen LogP contribution is -2.63. The molecule has 2 saturated heterocycles. The lowest BCUT2D eigenvalue weighted by molar-refractivity contribution is -0.334. The van der Waals surface area contributed by atoms with Crippen molar-refractivity contribution >= 4 is 43.1 Å². The fourth-order valence-electron chi connectivity index (χ4n) is 8.26. The molecule has 17 atom stereocenters. The number of azide groups is 2. The van der Waals surface area contributed by atoms with Crippen molar-refractivity contribution in [2.75, 3.05) is 66.1 Å². The molecule has 0 aromatic rings. The van der Waals surface area contributed by atoms with Crippen molar-refractivity contribution < 1.29 is 133 Å². The molecule has 0 aromatic heterocycles. The second-order valence-corrected chi connectivity index (χ2v) is 22.4. The summed E-state index contributed by atoms with van der Waals surface area (Å²) in [7, 11) is -16.2. The van der Waals surface area contributed by atoms with Crippen LogP contribution in [0.1, 0.15) is 113 Å². The molecule has 2 heterocycles. The molecular weight excluding hydrogens is 1200 g/mol. The number of rotatable bonds is 48. The normalized spacial score (nSPS) is 25.2. The van der Waals surface area contributed by atoms with E-state index in [1.54, 1.807) is 13.8 Å². The van der Waals surface area contributed by atoms with Crippen molar-refractivity contribution in [1.29, 1.82) is 0 Å². The number of ether oxygens (including phenoxy) is 12. The Kier molecular flexibility index (Phi) is 36.8. The first-order valence-electron chi connectivity index (χ1n) is 27.4. The molecule has 84 heavy (non-hydrogen) atoms. The Labute approximate surface area is 488 Å². The summed E-state index contributed by atoms with van der Waals surface area (Å²) in [6, 6.07) is -3.11. The fraction of sp³-hybridized carbons (Fsp3) is 0.957. The van der Waals surface area contributed by atoms with Gasteiger partial charge < -0.3 is 72.2 Å². The van der Waals surface area contributed by atoms with Crippen LogP contribution in [0.4, 0.5) is 0 Å². The number of carboxylic acid groups (broad SMARTS) is 2. The third kappa shape index (κ3) is 28.7. The van der Waals surface area contributed by atoms with Crippen LogP contribution in [0.3, 0.4) is 0 Å². The molecule has 2 aliphatic heterocycles. The first-order chi connectivity index (χ1) is 39.7. The Morgan fingerprint density at radius 1 is 0.583 bits per heavy atom. The van der Waals surface area contributed by atoms with Gasteiger partial charge in [0, 0.05) is 42.9 Å². The third-order valence-electron chi connectivity index (χ3n) is 12.5. The predicted octanol–water partition coefficient (Wildman–Crippen LogP) is 3.63. The van der Waals surface area contributed by atoms with E-state index in [0.717, 1.165) is 0 Å². The fourth-order valence-corrected chi connectivity index (χ4v) is 9.13. The van der Waals surface area contributed by atoms with Gasteiger partial charge in [0.25, 0.3) is 0 Å². The van der Waals surface area contributed by atoms with E-state index >= 15 is 0 Å². The number of aliphatic hydroxyl groups is 1. The van der Waals surface area contributed by atoms with Crippen molar-refractivity contribution in [3.05, 3.63) is 20.9 Å². The average Bonchev–Trinajstić information content (AvgIpc) is 1.56. The zero-order chi connectivity index (χ0) is 63.0. The van der Waals surface area contributed by atoms with E-state index in [2.05, 4.69) is 28.4 Å². The van der Waals surface area contributed by atoms with Gasteiger partial charge in [0.2, 0.25) is 0 Å². The third-order valence-corrected chi connectivity index (χ3v) is 13.8. The summed E-state index contributed by atoms with van der Waals surface area (Å²) < 4.78 is 189. The SMILES string of the molecule is CCCCOC1[C@H](OC(COS(=O)(=O)O)OC(C(=O)O)[C@H](O[C@@H]2OC(COS(=O)(=O)O)[C@@H](OC(COS(=O)(=O)O)OC(C(=O)O)[C@@H](OCCCC)[C@H](C)OCCCC)C(OCCCC)[C@@H]2N=[N+]=[N-])[C@H](C)OCCCC)C(CO)OC[C@H]1N=[N+]=[N-]. The van der Waals surface area contributed by atoms with E-state index in [1.165, 1.54) is 13.8 Å². The Balaban J connectivity index is 2.99. The smallest absolute Gasteiger partial charge is 0.397 e. The predicted molar refractivity (Wildman–Crippen MR) is 286 cm³/mol. The lowest BCUT2D eigenvalue weighted by atomic mass is 9.96. The van der Waals surface area contributed by atoms with E-state index in [0.29, 0.717) is 57.8 Å². The number of hydrogen-bond acceptors (Lipinski definition) is 26. The lowest BCUT2D eigenvalue weighted by Gasteiger charge is -2.47. The summed E-state index contributed by atoms with van der Waals surface area (Å²) in [6.45, 7) is 6.55. The molecule has 6 N–H and O–H groups in total. The van der Waals surface area contributed by atoms with E-state index in [-0.39, 0.29) is 46.1 Å². The molecule has 490 valence electrons. The molecule has 0 spiro atoms. The van der Waals surface area contributed by atoms with Crippen LogP contribution in [-0.2, 0) is 110 Å². The minimum absolute atomic E-state index is 0.0204. The van der Waals surface area contributed by atoms with Crippen LogP contribution in [0, 0.1) is 0 Å². The highest BCUT2D eigenvalue weighted by atomic mass is 32.3. The van der Waals surface area contributed by atoms with Crippen LogP contribution in [-0.4, -0.2) is 236 Å². The molecule has 0 aromatic carbocycles. The highest BCUT2D eigenvalue weighted by Crippen LogP contribution is 2.35. The Hall–Kier alpha value is -3.35. The molecule has 0 amide bonds. The van der Waals surface area contributed by atoms with Gasteiger partial charge in [-0.1, -0.05) is 77.0 Å². The van der Waals surface area contributed by atoms with Gasteiger partial charge in [-0.3, -0.25) is 13.7 Å². The summed E-state index contributed by atoms with van der Waals surface area (Å²) >= 11 is 0.